The number of methoxy groups -OCH3 is 2. The molecule has 3 N–H and O–H groups in total. The van der Waals surface area contributed by atoms with Crippen molar-refractivity contribution in [3.8, 4) is 22.6 Å². The number of hydrogen-bond donors (Lipinski definition) is 3. The van der Waals surface area contributed by atoms with Gasteiger partial charge in [0.05, 0.1) is 31.0 Å². The Balaban J connectivity index is 1.45. The van der Waals surface area contributed by atoms with Gasteiger partial charge < -0.3 is 20.1 Å². The zero-order chi connectivity index (χ0) is 28.7. The van der Waals surface area contributed by atoms with Gasteiger partial charge in [0.2, 0.25) is 0 Å². The lowest BCUT2D eigenvalue weighted by Crippen LogP contribution is -2.29. The fourth-order valence-corrected chi connectivity index (χ4v) is 5.27. The summed E-state index contributed by atoms with van der Waals surface area (Å²) in [5.74, 6) is -1.45. The molecule has 4 rings (SSSR count). The standard InChI is InChI=1S/C29H27F2N3O5S/c1-38-25-12-4-3-9-22(25)29(35)33-16-15-32-20-7-5-8-21(18-20)34-40(36,37)27-17-19(13-14-26(27)39-2)28-23(30)10-6-11-24(28)31/h3-14,17-18,32,34H,15-16H2,1-2H3,(H,33,35). The number of halogens is 2. The van der Waals surface area contributed by atoms with Crippen LogP contribution in [0.5, 0.6) is 11.5 Å². The zero-order valence-corrected chi connectivity index (χ0v) is 22.5. The summed E-state index contributed by atoms with van der Waals surface area (Å²) in [4.78, 5) is 12.2. The number of rotatable bonds is 11. The SMILES string of the molecule is COc1ccccc1C(=O)NCCNc1cccc(NS(=O)(=O)c2cc(-c3c(F)cccc3F)ccc2OC)c1. The molecule has 0 radical (unpaired) electrons. The summed E-state index contributed by atoms with van der Waals surface area (Å²) in [5, 5.41) is 5.92. The van der Waals surface area contributed by atoms with E-state index in [0.29, 0.717) is 30.1 Å². The normalized spacial score (nSPS) is 11.0. The van der Waals surface area contributed by atoms with Crippen molar-refractivity contribution < 1.29 is 31.5 Å². The highest BCUT2D eigenvalue weighted by Crippen LogP contribution is 2.33. The van der Waals surface area contributed by atoms with E-state index in [4.69, 9.17) is 9.47 Å². The van der Waals surface area contributed by atoms with Gasteiger partial charge in [-0.15, -0.1) is 0 Å². The van der Waals surface area contributed by atoms with Gasteiger partial charge in [-0.2, -0.15) is 0 Å². The predicted molar refractivity (Wildman–Crippen MR) is 149 cm³/mol. The number of carbonyl (C=O) groups is 1. The van der Waals surface area contributed by atoms with Crippen molar-refractivity contribution in [2.24, 2.45) is 0 Å². The van der Waals surface area contributed by atoms with Crippen LogP contribution in [0.4, 0.5) is 20.2 Å². The topological polar surface area (TPSA) is 106 Å². The Bertz CT molecular complexity index is 1610. The molecule has 1 amide bonds. The monoisotopic (exact) mass is 567 g/mol. The van der Waals surface area contributed by atoms with Gasteiger partial charge in [0.1, 0.15) is 28.0 Å². The first-order valence-corrected chi connectivity index (χ1v) is 13.6. The van der Waals surface area contributed by atoms with Crippen molar-refractivity contribution in [3.05, 3.63) is 102 Å². The summed E-state index contributed by atoms with van der Waals surface area (Å²) in [7, 11) is -1.43. The van der Waals surface area contributed by atoms with Crippen molar-refractivity contribution in [3.63, 3.8) is 0 Å². The Labute approximate surface area is 231 Å². The molecule has 0 aliphatic carbocycles. The molecule has 0 saturated carbocycles. The third-order valence-electron chi connectivity index (χ3n) is 5.91. The fraction of sp³-hybridized carbons (Fsp3) is 0.138. The molecule has 0 atom stereocenters. The first-order chi connectivity index (χ1) is 19.2. The third kappa shape index (κ3) is 6.49. The second kappa shape index (κ2) is 12.5. The molecule has 4 aromatic carbocycles. The summed E-state index contributed by atoms with van der Waals surface area (Å²) in [6, 6.07) is 20.7. The number of sulfonamides is 1. The van der Waals surface area contributed by atoms with Crippen molar-refractivity contribution in [1.82, 2.24) is 5.32 Å². The fourth-order valence-electron chi connectivity index (χ4n) is 4.03. The van der Waals surface area contributed by atoms with Crippen molar-refractivity contribution in [2.75, 3.05) is 37.3 Å². The quantitative estimate of drug-likeness (QED) is 0.213. The summed E-state index contributed by atoms with van der Waals surface area (Å²) >= 11 is 0. The minimum Gasteiger partial charge on any atom is -0.496 e. The number of carbonyl (C=O) groups excluding carboxylic acids is 1. The van der Waals surface area contributed by atoms with Crippen LogP contribution < -0.4 is 24.8 Å². The van der Waals surface area contributed by atoms with Gasteiger partial charge in [-0.1, -0.05) is 30.3 Å². The smallest absolute Gasteiger partial charge is 0.265 e. The summed E-state index contributed by atoms with van der Waals surface area (Å²) < 4.78 is 68.2. The van der Waals surface area contributed by atoms with Crippen LogP contribution in [0.3, 0.4) is 0 Å². The van der Waals surface area contributed by atoms with E-state index < -0.39 is 21.7 Å². The third-order valence-corrected chi connectivity index (χ3v) is 7.31. The van der Waals surface area contributed by atoms with Gasteiger partial charge in [0.15, 0.2) is 0 Å². The van der Waals surface area contributed by atoms with Gasteiger partial charge in [0, 0.05) is 18.8 Å². The zero-order valence-electron chi connectivity index (χ0n) is 21.7. The van der Waals surface area contributed by atoms with Crippen LogP contribution >= 0.6 is 0 Å². The molecule has 0 fully saturated rings. The average molecular weight is 568 g/mol. The Morgan fingerprint density at radius 1 is 0.775 bits per heavy atom. The van der Waals surface area contributed by atoms with Crippen LogP contribution in [0.25, 0.3) is 11.1 Å². The highest BCUT2D eigenvalue weighted by atomic mass is 32.2. The molecule has 11 heteroatoms. The minimum absolute atomic E-state index is 0.00747. The largest absolute Gasteiger partial charge is 0.496 e. The molecule has 40 heavy (non-hydrogen) atoms. The second-order valence-corrected chi connectivity index (χ2v) is 10.2. The van der Waals surface area contributed by atoms with Crippen LogP contribution in [0.1, 0.15) is 10.4 Å². The molecule has 0 spiro atoms. The molecule has 0 aliphatic heterocycles. The maximum atomic E-state index is 14.4. The molecule has 8 nitrogen and oxygen atoms in total. The molecule has 4 aromatic rings. The van der Waals surface area contributed by atoms with Gasteiger partial charge >= 0.3 is 0 Å². The van der Waals surface area contributed by atoms with E-state index in [1.54, 1.807) is 48.5 Å². The maximum absolute atomic E-state index is 14.4. The number of nitrogens with one attached hydrogen (secondary N) is 3. The molecular weight excluding hydrogens is 540 g/mol. The molecule has 0 heterocycles. The minimum atomic E-state index is -4.22. The average Bonchev–Trinajstić information content (AvgIpc) is 2.95. The van der Waals surface area contributed by atoms with Crippen LogP contribution in [-0.4, -0.2) is 41.6 Å². The van der Waals surface area contributed by atoms with E-state index in [2.05, 4.69) is 15.4 Å². The molecule has 0 bridgehead atoms. The molecule has 0 aromatic heterocycles. The second-order valence-electron chi connectivity index (χ2n) is 8.53. The molecule has 208 valence electrons. The number of benzene rings is 4. The van der Waals surface area contributed by atoms with Crippen LogP contribution in [0, 0.1) is 11.6 Å². The number of ether oxygens (including phenoxy) is 2. The number of anilines is 2. The first kappa shape index (κ1) is 28.4. The van der Waals surface area contributed by atoms with Crippen molar-refractivity contribution >= 4 is 27.3 Å². The van der Waals surface area contributed by atoms with Crippen LogP contribution in [0.15, 0.2) is 89.8 Å². The lowest BCUT2D eigenvalue weighted by Gasteiger charge is -2.15. The molecule has 0 unspecified atom stereocenters. The van der Waals surface area contributed by atoms with Crippen LogP contribution in [-0.2, 0) is 10.0 Å². The maximum Gasteiger partial charge on any atom is 0.265 e. The van der Waals surface area contributed by atoms with E-state index in [0.717, 1.165) is 18.2 Å². The summed E-state index contributed by atoms with van der Waals surface area (Å²) in [6.45, 7) is 0.657. The predicted octanol–water partition coefficient (Wildman–Crippen LogP) is 5.29. The van der Waals surface area contributed by atoms with Crippen molar-refractivity contribution in [2.45, 2.75) is 4.90 Å². The Morgan fingerprint density at radius 2 is 1.45 bits per heavy atom. The van der Waals surface area contributed by atoms with E-state index in [9.17, 15) is 22.0 Å². The van der Waals surface area contributed by atoms with Gasteiger partial charge in [-0.3, -0.25) is 9.52 Å². The van der Waals surface area contributed by atoms with Gasteiger partial charge in [-0.05, 0) is 60.2 Å². The van der Waals surface area contributed by atoms with E-state index >= 15 is 0 Å². The van der Waals surface area contributed by atoms with E-state index in [1.807, 2.05) is 0 Å². The summed E-state index contributed by atoms with van der Waals surface area (Å²) in [5.41, 5.74) is 0.958. The summed E-state index contributed by atoms with van der Waals surface area (Å²) in [6.07, 6.45) is 0. The van der Waals surface area contributed by atoms with Gasteiger partial charge in [0.25, 0.3) is 15.9 Å². The van der Waals surface area contributed by atoms with E-state index in [-0.39, 0.29) is 33.4 Å². The Kier molecular flexibility index (Phi) is 8.85. The molecule has 0 aliphatic rings. The number of para-hydroxylation sites is 1. The van der Waals surface area contributed by atoms with Crippen molar-refractivity contribution in [1.29, 1.82) is 0 Å². The molecular formula is C29H27F2N3O5S. The Hall–Kier alpha value is -4.64. The number of hydrogen-bond acceptors (Lipinski definition) is 6. The van der Waals surface area contributed by atoms with Gasteiger partial charge in [-0.25, -0.2) is 17.2 Å². The van der Waals surface area contributed by atoms with E-state index in [1.165, 1.54) is 32.4 Å². The number of amides is 1. The lowest BCUT2D eigenvalue weighted by atomic mass is 10.0. The first-order valence-electron chi connectivity index (χ1n) is 12.1. The highest BCUT2D eigenvalue weighted by molar-refractivity contribution is 7.92. The molecule has 0 saturated heterocycles. The Morgan fingerprint density at radius 3 is 2.17 bits per heavy atom. The highest BCUT2D eigenvalue weighted by Gasteiger charge is 2.23. The van der Waals surface area contributed by atoms with Crippen LogP contribution in [0.2, 0.25) is 0 Å². The lowest BCUT2D eigenvalue weighted by molar-refractivity contribution is 0.0952.